The number of fused-ring (bicyclic) bond motifs is 3. The molecule has 0 amide bonds. The highest BCUT2D eigenvalue weighted by Gasteiger charge is 2.17. The van der Waals surface area contributed by atoms with Crippen molar-refractivity contribution in [2.75, 3.05) is 0 Å². The van der Waals surface area contributed by atoms with Gasteiger partial charge in [0.25, 0.3) is 0 Å². The van der Waals surface area contributed by atoms with E-state index in [-0.39, 0.29) is 0 Å². The van der Waals surface area contributed by atoms with Crippen LogP contribution in [-0.2, 0) is 0 Å². The van der Waals surface area contributed by atoms with E-state index >= 15 is 0 Å². The summed E-state index contributed by atoms with van der Waals surface area (Å²) in [6, 6.07) is 48.6. The van der Waals surface area contributed by atoms with E-state index in [0.29, 0.717) is 0 Å². The van der Waals surface area contributed by atoms with Crippen LogP contribution in [0, 0.1) is 0 Å². The zero-order chi connectivity index (χ0) is 26.3. The molecular formula is C39H28. The van der Waals surface area contributed by atoms with Crippen LogP contribution in [0.1, 0.15) is 6.92 Å². The van der Waals surface area contributed by atoms with Crippen LogP contribution >= 0.6 is 0 Å². The van der Waals surface area contributed by atoms with Crippen molar-refractivity contribution in [2.45, 2.75) is 6.92 Å². The third kappa shape index (κ3) is 3.93. The zero-order valence-electron chi connectivity index (χ0n) is 22.0. The molecule has 7 aromatic carbocycles. The topological polar surface area (TPSA) is 0 Å². The molecule has 0 bridgehead atoms. The minimum Gasteiger partial charge on any atom is -0.0912 e. The molecule has 39 heavy (non-hydrogen) atoms. The molecule has 184 valence electrons. The van der Waals surface area contributed by atoms with Gasteiger partial charge in [0, 0.05) is 0 Å². The summed E-state index contributed by atoms with van der Waals surface area (Å²) >= 11 is 0. The molecule has 0 aliphatic carbocycles. The number of hydrogen-bond donors (Lipinski definition) is 0. The minimum atomic E-state index is 1.05. The van der Waals surface area contributed by atoms with E-state index in [0.717, 1.165) is 5.22 Å². The summed E-state index contributed by atoms with van der Waals surface area (Å²) in [6.07, 6.45) is 2.15. The molecule has 0 saturated heterocycles. The predicted molar refractivity (Wildman–Crippen MR) is 170 cm³/mol. The normalized spacial score (nSPS) is 12.0. The van der Waals surface area contributed by atoms with E-state index in [1.54, 1.807) is 0 Å². The largest absolute Gasteiger partial charge is 0.0912 e. The van der Waals surface area contributed by atoms with Crippen LogP contribution in [0.25, 0.3) is 78.4 Å². The predicted octanol–water partition coefficient (Wildman–Crippen LogP) is 9.36. The highest BCUT2D eigenvalue weighted by molar-refractivity contribution is 6.22. The SMILES string of the molecule is C=c1ccc(-c2c3ccccc3c(-c3ccc4ccccc4c3)c3cc(-c4ccccc4)ccc23)c/c1=C/C. The summed E-state index contributed by atoms with van der Waals surface area (Å²) < 4.78 is 0. The highest BCUT2D eigenvalue weighted by Crippen LogP contribution is 2.44. The average molecular weight is 497 g/mol. The van der Waals surface area contributed by atoms with Crippen LogP contribution < -0.4 is 10.4 Å². The maximum atomic E-state index is 4.24. The Bertz CT molecular complexity index is 2130. The average Bonchev–Trinajstić information content (AvgIpc) is 3.00. The van der Waals surface area contributed by atoms with Crippen molar-refractivity contribution in [3.8, 4) is 33.4 Å². The van der Waals surface area contributed by atoms with Crippen molar-refractivity contribution in [1.29, 1.82) is 0 Å². The molecule has 0 heterocycles. The molecule has 0 nitrogen and oxygen atoms in total. The Morgan fingerprint density at radius 3 is 1.79 bits per heavy atom. The van der Waals surface area contributed by atoms with Crippen LogP contribution in [0.4, 0.5) is 0 Å². The first-order valence-corrected chi connectivity index (χ1v) is 13.5. The van der Waals surface area contributed by atoms with Gasteiger partial charge >= 0.3 is 0 Å². The van der Waals surface area contributed by atoms with Gasteiger partial charge < -0.3 is 0 Å². The smallest absolute Gasteiger partial charge is 0.00259 e. The second kappa shape index (κ2) is 9.42. The van der Waals surface area contributed by atoms with Gasteiger partial charge in [-0.05, 0) is 101 Å². The second-order valence-electron chi connectivity index (χ2n) is 10.2. The van der Waals surface area contributed by atoms with E-state index in [1.807, 2.05) is 0 Å². The van der Waals surface area contributed by atoms with Crippen LogP contribution in [0.2, 0.25) is 0 Å². The summed E-state index contributed by atoms with van der Waals surface area (Å²) in [6.45, 7) is 6.33. The lowest BCUT2D eigenvalue weighted by Crippen LogP contribution is -2.21. The number of rotatable bonds is 3. The Labute approximate surface area is 228 Å². The maximum absolute atomic E-state index is 4.24. The van der Waals surface area contributed by atoms with Crippen molar-refractivity contribution < 1.29 is 0 Å². The first-order valence-electron chi connectivity index (χ1n) is 13.5. The second-order valence-corrected chi connectivity index (χ2v) is 10.2. The number of benzene rings is 7. The summed E-state index contributed by atoms with van der Waals surface area (Å²) in [7, 11) is 0. The van der Waals surface area contributed by atoms with E-state index < -0.39 is 0 Å². The quantitative estimate of drug-likeness (QED) is 0.214. The lowest BCUT2D eigenvalue weighted by atomic mass is 9.84. The molecule has 7 aromatic rings. The first-order chi connectivity index (χ1) is 19.2. The van der Waals surface area contributed by atoms with Crippen molar-refractivity contribution >= 4 is 45.0 Å². The van der Waals surface area contributed by atoms with Crippen LogP contribution in [-0.4, -0.2) is 0 Å². The molecule has 0 fully saturated rings. The van der Waals surface area contributed by atoms with Gasteiger partial charge in [-0.25, -0.2) is 0 Å². The molecule has 0 radical (unpaired) electrons. The zero-order valence-corrected chi connectivity index (χ0v) is 22.0. The Morgan fingerprint density at radius 1 is 0.436 bits per heavy atom. The van der Waals surface area contributed by atoms with Gasteiger partial charge in [-0.1, -0.05) is 128 Å². The lowest BCUT2D eigenvalue weighted by molar-refractivity contribution is 1.52. The fourth-order valence-electron chi connectivity index (χ4n) is 5.97. The van der Waals surface area contributed by atoms with Crippen molar-refractivity contribution in [1.82, 2.24) is 0 Å². The van der Waals surface area contributed by atoms with E-state index in [2.05, 4.69) is 153 Å². The highest BCUT2D eigenvalue weighted by atomic mass is 14.2. The molecule has 0 heteroatoms. The molecule has 7 rings (SSSR count). The van der Waals surface area contributed by atoms with E-state index in [9.17, 15) is 0 Å². The molecule has 0 saturated carbocycles. The lowest BCUT2D eigenvalue weighted by Gasteiger charge is -2.19. The van der Waals surface area contributed by atoms with Gasteiger partial charge in [-0.15, -0.1) is 0 Å². The Kier molecular flexibility index (Phi) is 5.60. The Balaban J connectivity index is 1.65. The fourth-order valence-corrected chi connectivity index (χ4v) is 5.97. The van der Waals surface area contributed by atoms with Gasteiger partial charge in [-0.2, -0.15) is 0 Å². The summed E-state index contributed by atoms with van der Waals surface area (Å²) in [5.74, 6) is 0. The van der Waals surface area contributed by atoms with Crippen molar-refractivity contribution in [3.05, 3.63) is 144 Å². The van der Waals surface area contributed by atoms with Crippen LogP contribution in [0.5, 0.6) is 0 Å². The minimum absolute atomic E-state index is 1.05. The van der Waals surface area contributed by atoms with Gasteiger partial charge in [0.15, 0.2) is 0 Å². The molecule has 0 aromatic heterocycles. The van der Waals surface area contributed by atoms with Gasteiger partial charge in [-0.3, -0.25) is 0 Å². The third-order valence-corrected chi connectivity index (χ3v) is 7.91. The molecule has 0 aliphatic rings. The van der Waals surface area contributed by atoms with Gasteiger partial charge in [0.2, 0.25) is 0 Å². The monoisotopic (exact) mass is 496 g/mol. The van der Waals surface area contributed by atoms with Gasteiger partial charge in [0.05, 0.1) is 0 Å². The first kappa shape index (κ1) is 23.2. The molecular weight excluding hydrogens is 468 g/mol. The van der Waals surface area contributed by atoms with Gasteiger partial charge in [0.1, 0.15) is 0 Å². The van der Waals surface area contributed by atoms with E-state index in [4.69, 9.17) is 0 Å². The van der Waals surface area contributed by atoms with Crippen LogP contribution in [0.3, 0.4) is 0 Å². The maximum Gasteiger partial charge on any atom is -0.00259 e. The van der Waals surface area contributed by atoms with Crippen molar-refractivity contribution in [3.63, 3.8) is 0 Å². The summed E-state index contributed by atoms with van der Waals surface area (Å²) in [4.78, 5) is 0. The van der Waals surface area contributed by atoms with Crippen LogP contribution in [0.15, 0.2) is 133 Å². The summed E-state index contributed by atoms with van der Waals surface area (Å²) in [5.41, 5.74) is 7.46. The molecule has 0 N–H and O–H groups in total. The molecule has 0 aliphatic heterocycles. The Hall–Kier alpha value is -4.94. The third-order valence-electron chi connectivity index (χ3n) is 7.91. The summed E-state index contributed by atoms with van der Waals surface area (Å²) in [5, 5.41) is 9.79. The standard InChI is InChI=1S/C39H28/c1-3-27-23-32(18-17-26(27)2)38-34-15-9-10-16-35(34)39(33-20-19-29-13-7-8-14-30(29)24-33)37-25-31(21-22-36(37)38)28-11-5-4-6-12-28/h3-25H,2H2,1H3/b27-3-. The fraction of sp³-hybridized carbons (Fsp3) is 0.0256. The van der Waals surface area contributed by atoms with Crippen molar-refractivity contribution in [2.24, 2.45) is 0 Å². The number of hydrogen-bond acceptors (Lipinski definition) is 0. The molecule has 0 unspecified atom stereocenters. The Morgan fingerprint density at radius 2 is 1.03 bits per heavy atom. The van der Waals surface area contributed by atoms with E-state index in [1.165, 1.54) is 70.9 Å². The molecule has 0 atom stereocenters. The molecule has 0 spiro atoms.